The summed E-state index contributed by atoms with van der Waals surface area (Å²) in [6.45, 7) is 1.42. The van der Waals surface area contributed by atoms with Crippen LogP contribution >= 0.6 is 15.9 Å². The first-order valence-corrected chi connectivity index (χ1v) is 8.33. The molecule has 0 fully saturated rings. The first-order valence-electron chi connectivity index (χ1n) is 7.21. The fourth-order valence-corrected chi connectivity index (χ4v) is 2.68. The van der Waals surface area contributed by atoms with Crippen molar-refractivity contribution >= 4 is 21.8 Å². The Labute approximate surface area is 134 Å². The molecule has 0 aromatic heterocycles. The largest absolute Gasteiger partial charge is 0.338 e. The Kier molecular flexibility index (Phi) is 6.48. The summed E-state index contributed by atoms with van der Waals surface area (Å²) < 4.78 is 0. The van der Waals surface area contributed by atoms with Gasteiger partial charge < -0.3 is 4.90 Å². The number of alkyl halides is 1. The SMILES string of the molecule is O=C(CCc1ccccc1)N(CCBr)Cc1ccccc1. The van der Waals surface area contributed by atoms with Crippen LogP contribution in [0.25, 0.3) is 0 Å². The average molecular weight is 346 g/mol. The molecule has 2 nitrogen and oxygen atoms in total. The smallest absolute Gasteiger partial charge is 0.223 e. The van der Waals surface area contributed by atoms with Crippen LogP contribution in [0.3, 0.4) is 0 Å². The van der Waals surface area contributed by atoms with Gasteiger partial charge in [-0.1, -0.05) is 76.6 Å². The molecule has 2 aromatic carbocycles. The van der Waals surface area contributed by atoms with Crippen LogP contribution in [-0.4, -0.2) is 22.7 Å². The highest BCUT2D eigenvalue weighted by atomic mass is 79.9. The van der Waals surface area contributed by atoms with E-state index in [1.54, 1.807) is 0 Å². The molecule has 0 bridgehead atoms. The van der Waals surface area contributed by atoms with Crippen LogP contribution < -0.4 is 0 Å². The third kappa shape index (κ3) is 5.35. The predicted octanol–water partition coefficient (Wildman–Crippen LogP) is 4.04. The van der Waals surface area contributed by atoms with E-state index in [9.17, 15) is 4.79 Å². The number of rotatable bonds is 7. The zero-order valence-electron chi connectivity index (χ0n) is 12.0. The van der Waals surface area contributed by atoms with Gasteiger partial charge in [0.1, 0.15) is 0 Å². The topological polar surface area (TPSA) is 20.3 Å². The van der Waals surface area contributed by atoms with Crippen LogP contribution in [0.2, 0.25) is 0 Å². The van der Waals surface area contributed by atoms with Crippen LogP contribution in [0, 0.1) is 0 Å². The first-order chi connectivity index (χ1) is 10.3. The lowest BCUT2D eigenvalue weighted by Gasteiger charge is -2.22. The van der Waals surface area contributed by atoms with Gasteiger partial charge in [0.15, 0.2) is 0 Å². The van der Waals surface area contributed by atoms with E-state index in [0.29, 0.717) is 13.0 Å². The Morgan fingerprint density at radius 3 is 2.05 bits per heavy atom. The van der Waals surface area contributed by atoms with Crippen LogP contribution in [-0.2, 0) is 17.8 Å². The molecule has 0 unspecified atom stereocenters. The van der Waals surface area contributed by atoms with E-state index in [2.05, 4.69) is 40.2 Å². The highest BCUT2D eigenvalue weighted by molar-refractivity contribution is 9.09. The normalized spacial score (nSPS) is 10.3. The minimum absolute atomic E-state index is 0.210. The summed E-state index contributed by atoms with van der Waals surface area (Å²) in [5.74, 6) is 0.210. The zero-order valence-corrected chi connectivity index (χ0v) is 13.6. The molecule has 1 amide bonds. The molecule has 0 atom stereocenters. The second-order valence-electron chi connectivity index (χ2n) is 4.98. The van der Waals surface area contributed by atoms with Crippen molar-refractivity contribution in [1.29, 1.82) is 0 Å². The standard InChI is InChI=1S/C18H20BrNO/c19-13-14-20(15-17-9-5-2-6-10-17)18(21)12-11-16-7-3-1-4-8-16/h1-10H,11-15H2. The maximum absolute atomic E-state index is 12.4. The third-order valence-corrected chi connectivity index (χ3v) is 3.75. The van der Waals surface area contributed by atoms with Crippen molar-refractivity contribution in [2.45, 2.75) is 19.4 Å². The van der Waals surface area contributed by atoms with E-state index in [4.69, 9.17) is 0 Å². The average Bonchev–Trinajstić information content (AvgIpc) is 2.54. The molecule has 110 valence electrons. The van der Waals surface area contributed by atoms with Crippen molar-refractivity contribution in [2.75, 3.05) is 11.9 Å². The number of nitrogens with zero attached hydrogens (tertiary/aromatic N) is 1. The highest BCUT2D eigenvalue weighted by Gasteiger charge is 2.13. The molecule has 0 spiro atoms. The second kappa shape index (κ2) is 8.63. The molecule has 0 heterocycles. The lowest BCUT2D eigenvalue weighted by atomic mass is 10.1. The number of amides is 1. The summed E-state index contributed by atoms with van der Waals surface area (Å²) in [6.07, 6.45) is 1.36. The molecule has 0 aliphatic rings. The highest BCUT2D eigenvalue weighted by Crippen LogP contribution is 2.09. The fourth-order valence-electron chi connectivity index (χ4n) is 2.25. The molecular formula is C18H20BrNO. The van der Waals surface area contributed by atoms with Gasteiger partial charge in [-0.2, -0.15) is 0 Å². The number of hydrogen-bond acceptors (Lipinski definition) is 1. The third-order valence-electron chi connectivity index (χ3n) is 3.39. The first kappa shape index (κ1) is 15.8. The van der Waals surface area contributed by atoms with Gasteiger partial charge >= 0.3 is 0 Å². The lowest BCUT2D eigenvalue weighted by molar-refractivity contribution is -0.131. The van der Waals surface area contributed by atoms with E-state index >= 15 is 0 Å². The summed E-state index contributed by atoms with van der Waals surface area (Å²) in [5, 5.41) is 0.802. The fraction of sp³-hybridized carbons (Fsp3) is 0.278. The Balaban J connectivity index is 1.92. The number of aryl methyl sites for hydroxylation is 1. The molecule has 2 rings (SSSR count). The second-order valence-corrected chi connectivity index (χ2v) is 5.77. The monoisotopic (exact) mass is 345 g/mol. The maximum Gasteiger partial charge on any atom is 0.223 e. The van der Waals surface area contributed by atoms with Crippen molar-refractivity contribution in [3.8, 4) is 0 Å². The Morgan fingerprint density at radius 2 is 1.48 bits per heavy atom. The van der Waals surface area contributed by atoms with E-state index in [1.165, 1.54) is 11.1 Å². The van der Waals surface area contributed by atoms with Gasteiger partial charge in [0.05, 0.1) is 0 Å². The molecular weight excluding hydrogens is 326 g/mol. The van der Waals surface area contributed by atoms with Gasteiger partial charge in [-0.05, 0) is 17.5 Å². The van der Waals surface area contributed by atoms with Crippen LogP contribution in [0.5, 0.6) is 0 Å². The van der Waals surface area contributed by atoms with Crippen LogP contribution in [0.4, 0.5) is 0 Å². The molecule has 0 aliphatic carbocycles. The van der Waals surface area contributed by atoms with E-state index in [1.807, 2.05) is 41.3 Å². The maximum atomic E-state index is 12.4. The molecule has 2 aromatic rings. The van der Waals surface area contributed by atoms with Crippen LogP contribution in [0.1, 0.15) is 17.5 Å². The number of carbonyl (C=O) groups is 1. The van der Waals surface area contributed by atoms with Crippen LogP contribution in [0.15, 0.2) is 60.7 Å². The van der Waals surface area contributed by atoms with E-state index in [0.717, 1.165) is 18.3 Å². The van der Waals surface area contributed by atoms with Gasteiger partial charge in [0.2, 0.25) is 5.91 Å². The minimum Gasteiger partial charge on any atom is -0.338 e. The molecule has 3 heteroatoms. The van der Waals surface area contributed by atoms with Gasteiger partial charge in [-0.3, -0.25) is 4.79 Å². The Morgan fingerprint density at radius 1 is 0.905 bits per heavy atom. The number of benzene rings is 2. The number of halogens is 1. The summed E-state index contributed by atoms with van der Waals surface area (Å²) in [5.41, 5.74) is 2.39. The van der Waals surface area contributed by atoms with Crippen molar-refractivity contribution in [1.82, 2.24) is 4.90 Å². The molecule has 21 heavy (non-hydrogen) atoms. The van der Waals surface area contributed by atoms with Gasteiger partial charge in [-0.15, -0.1) is 0 Å². The Bertz CT molecular complexity index is 542. The zero-order chi connectivity index (χ0) is 14.9. The number of carbonyl (C=O) groups excluding carboxylic acids is 1. The number of hydrogen-bond donors (Lipinski definition) is 0. The molecule has 0 N–H and O–H groups in total. The van der Waals surface area contributed by atoms with Crippen molar-refractivity contribution in [2.24, 2.45) is 0 Å². The van der Waals surface area contributed by atoms with Gasteiger partial charge in [0, 0.05) is 24.8 Å². The predicted molar refractivity (Wildman–Crippen MR) is 90.4 cm³/mol. The summed E-state index contributed by atoms with van der Waals surface area (Å²) in [4.78, 5) is 14.3. The van der Waals surface area contributed by atoms with Crippen molar-refractivity contribution in [3.63, 3.8) is 0 Å². The Hall–Kier alpha value is -1.61. The lowest BCUT2D eigenvalue weighted by Crippen LogP contribution is -2.32. The van der Waals surface area contributed by atoms with E-state index < -0.39 is 0 Å². The summed E-state index contributed by atoms with van der Waals surface area (Å²) >= 11 is 3.43. The van der Waals surface area contributed by atoms with E-state index in [-0.39, 0.29) is 5.91 Å². The summed E-state index contributed by atoms with van der Waals surface area (Å²) in [7, 11) is 0. The van der Waals surface area contributed by atoms with Gasteiger partial charge in [-0.25, -0.2) is 0 Å². The van der Waals surface area contributed by atoms with Crippen molar-refractivity contribution < 1.29 is 4.79 Å². The van der Waals surface area contributed by atoms with Crippen molar-refractivity contribution in [3.05, 3.63) is 71.8 Å². The van der Waals surface area contributed by atoms with Gasteiger partial charge in [0.25, 0.3) is 0 Å². The molecule has 0 saturated heterocycles. The molecule has 0 aliphatic heterocycles. The quantitative estimate of drug-likeness (QED) is 0.693. The summed E-state index contributed by atoms with van der Waals surface area (Å²) in [6, 6.07) is 20.3. The molecule has 0 saturated carbocycles. The molecule has 0 radical (unpaired) electrons. The minimum atomic E-state index is 0.210.